The molecule has 0 amide bonds. The highest BCUT2D eigenvalue weighted by Crippen LogP contribution is 2.38. The quantitative estimate of drug-likeness (QED) is 0.163. The van der Waals surface area contributed by atoms with Gasteiger partial charge >= 0.3 is 7.82 Å². The molecule has 2 N–H and O–H groups in total. The first kappa shape index (κ1) is 20.8. The highest BCUT2D eigenvalue weighted by molar-refractivity contribution is 7.46. The number of unbranched alkanes of at least 4 members (excludes halogenated alkanes) is 1. The first-order chi connectivity index (χ1) is 15.5. The molecule has 0 atom stereocenters. The normalized spacial score (nSPS) is 12.1. The molecule has 0 aliphatic rings. The van der Waals surface area contributed by atoms with Crippen LogP contribution in [0, 0.1) is 0 Å². The van der Waals surface area contributed by atoms with Crippen LogP contribution in [0.4, 0.5) is 0 Å². The van der Waals surface area contributed by atoms with Gasteiger partial charge in [0.1, 0.15) is 11.5 Å². The number of hydrogen-bond acceptors (Lipinski definition) is 3. The Labute approximate surface area is 185 Å². The maximum absolute atomic E-state index is 10.9. The monoisotopic (exact) mass is 446 g/mol. The summed E-state index contributed by atoms with van der Waals surface area (Å²) in [5.41, 5.74) is 1.36. The third-order valence-electron chi connectivity index (χ3n) is 5.78. The third kappa shape index (κ3) is 4.28. The minimum atomic E-state index is -4.54. The SMILES string of the molecule is O=P(O)(O)Oc1ccc(OCCCCc2ccc3ccc4cccc5ccc2c3c45)cc1. The van der Waals surface area contributed by atoms with Crippen LogP contribution in [0.15, 0.2) is 78.9 Å². The molecule has 162 valence electrons. The molecule has 5 aromatic carbocycles. The molecule has 0 aliphatic heterocycles. The van der Waals surface area contributed by atoms with E-state index in [1.165, 1.54) is 50.0 Å². The second kappa shape index (κ2) is 8.44. The highest BCUT2D eigenvalue weighted by Gasteiger charge is 2.15. The molecule has 0 heterocycles. The summed E-state index contributed by atoms with van der Waals surface area (Å²) < 4.78 is 21.2. The first-order valence-corrected chi connectivity index (χ1v) is 12.1. The van der Waals surface area contributed by atoms with E-state index in [2.05, 4.69) is 59.1 Å². The van der Waals surface area contributed by atoms with Gasteiger partial charge < -0.3 is 9.26 Å². The van der Waals surface area contributed by atoms with Crippen molar-refractivity contribution in [1.29, 1.82) is 0 Å². The number of ether oxygens (including phenoxy) is 1. The zero-order chi connectivity index (χ0) is 22.1. The number of benzene rings is 5. The van der Waals surface area contributed by atoms with Crippen LogP contribution in [0.25, 0.3) is 32.3 Å². The smallest absolute Gasteiger partial charge is 0.494 e. The molecule has 0 aromatic heterocycles. The molecule has 0 radical (unpaired) electrons. The number of phosphoric ester groups is 1. The standard InChI is InChI=1S/C26H23O5P/c27-32(28,29)31-23-14-12-22(13-15-23)30-17-2-1-4-18-7-8-21-10-9-19-5-3-6-20-11-16-24(18)26(21)25(19)20/h3,5-16H,1-2,4,17H2,(H2,27,28,29). The topological polar surface area (TPSA) is 76.0 Å². The number of hydrogen-bond donors (Lipinski definition) is 2. The molecule has 0 bridgehead atoms. The van der Waals surface area contributed by atoms with E-state index < -0.39 is 7.82 Å². The van der Waals surface area contributed by atoms with Crippen LogP contribution < -0.4 is 9.26 Å². The summed E-state index contributed by atoms with van der Waals surface area (Å²) in [6.07, 6.45) is 2.89. The maximum atomic E-state index is 10.9. The highest BCUT2D eigenvalue weighted by atomic mass is 31.2. The van der Waals surface area contributed by atoms with Crippen molar-refractivity contribution < 1.29 is 23.6 Å². The fraction of sp³-hybridized carbons (Fsp3) is 0.154. The van der Waals surface area contributed by atoms with Gasteiger partial charge in [0.2, 0.25) is 0 Å². The zero-order valence-corrected chi connectivity index (χ0v) is 18.3. The van der Waals surface area contributed by atoms with Gasteiger partial charge in [-0.15, -0.1) is 0 Å². The molecule has 0 saturated carbocycles. The van der Waals surface area contributed by atoms with E-state index in [4.69, 9.17) is 14.5 Å². The van der Waals surface area contributed by atoms with Crippen molar-refractivity contribution in [2.24, 2.45) is 0 Å². The molecular weight excluding hydrogens is 423 g/mol. The molecule has 0 spiro atoms. The van der Waals surface area contributed by atoms with Gasteiger partial charge in [0.05, 0.1) is 6.61 Å². The van der Waals surface area contributed by atoms with Crippen molar-refractivity contribution >= 4 is 40.1 Å². The van der Waals surface area contributed by atoms with Crippen LogP contribution in [-0.4, -0.2) is 16.4 Å². The van der Waals surface area contributed by atoms with Gasteiger partial charge in [-0.2, -0.15) is 0 Å². The van der Waals surface area contributed by atoms with Crippen LogP contribution in [0.3, 0.4) is 0 Å². The predicted molar refractivity (Wildman–Crippen MR) is 128 cm³/mol. The Morgan fingerprint density at radius 3 is 2.03 bits per heavy atom. The number of aryl methyl sites for hydroxylation is 1. The van der Waals surface area contributed by atoms with Crippen molar-refractivity contribution in [3.63, 3.8) is 0 Å². The fourth-order valence-corrected chi connectivity index (χ4v) is 4.75. The summed E-state index contributed by atoms with van der Waals surface area (Å²) in [5.74, 6) is 0.755. The fourth-order valence-electron chi connectivity index (χ4n) is 4.36. The second-order valence-electron chi connectivity index (χ2n) is 7.94. The Balaban J connectivity index is 1.23. The Morgan fingerprint density at radius 1 is 0.688 bits per heavy atom. The van der Waals surface area contributed by atoms with Gasteiger partial charge in [-0.1, -0.05) is 54.6 Å². The van der Waals surface area contributed by atoms with E-state index in [9.17, 15) is 4.57 Å². The molecule has 0 unspecified atom stereocenters. The molecule has 6 heteroatoms. The van der Waals surface area contributed by atoms with Crippen LogP contribution >= 0.6 is 7.82 Å². The lowest BCUT2D eigenvalue weighted by molar-refractivity contribution is 0.282. The average molecular weight is 446 g/mol. The summed E-state index contributed by atoms with van der Waals surface area (Å²) >= 11 is 0. The average Bonchev–Trinajstić information content (AvgIpc) is 2.78. The molecule has 0 aliphatic carbocycles. The van der Waals surface area contributed by atoms with Crippen molar-refractivity contribution in [2.75, 3.05) is 6.61 Å². The summed E-state index contributed by atoms with van der Waals surface area (Å²) in [6.45, 7) is 0.574. The lowest BCUT2D eigenvalue weighted by Gasteiger charge is -2.14. The summed E-state index contributed by atoms with van der Waals surface area (Å²) in [7, 11) is -4.54. The Kier molecular flexibility index (Phi) is 5.48. The maximum Gasteiger partial charge on any atom is 0.524 e. The van der Waals surface area contributed by atoms with Crippen LogP contribution in [-0.2, 0) is 11.0 Å². The molecular formula is C26H23O5P. The number of phosphoric acid groups is 1. The van der Waals surface area contributed by atoms with E-state index >= 15 is 0 Å². The van der Waals surface area contributed by atoms with Gasteiger partial charge in [0.25, 0.3) is 0 Å². The van der Waals surface area contributed by atoms with Crippen molar-refractivity contribution in [3.05, 3.63) is 84.4 Å². The van der Waals surface area contributed by atoms with Gasteiger partial charge in [-0.3, -0.25) is 9.79 Å². The van der Waals surface area contributed by atoms with Crippen molar-refractivity contribution in [1.82, 2.24) is 0 Å². The van der Waals surface area contributed by atoms with Gasteiger partial charge in [-0.05, 0) is 81.4 Å². The first-order valence-electron chi connectivity index (χ1n) is 10.6. The lowest BCUT2D eigenvalue weighted by atomic mass is 9.91. The largest absolute Gasteiger partial charge is 0.524 e. The zero-order valence-electron chi connectivity index (χ0n) is 17.4. The lowest BCUT2D eigenvalue weighted by Crippen LogP contribution is -1.99. The van der Waals surface area contributed by atoms with E-state index in [1.54, 1.807) is 12.1 Å². The Bertz CT molecular complexity index is 1410. The van der Waals surface area contributed by atoms with E-state index in [0.717, 1.165) is 19.3 Å². The van der Waals surface area contributed by atoms with Crippen LogP contribution in [0.1, 0.15) is 18.4 Å². The van der Waals surface area contributed by atoms with E-state index in [1.807, 2.05) is 0 Å². The summed E-state index contributed by atoms with van der Waals surface area (Å²) in [5, 5.41) is 7.87. The minimum Gasteiger partial charge on any atom is -0.494 e. The second-order valence-corrected chi connectivity index (χ2v) is 9.10. The van der Waals surface area contributed by atoms with Crippen LogP contribution in [0.5, 0.6) is 11.5 Å². The van der Waals surface area contributed by atoms with E-state index in [0.29, 0.717) is 12.4 Å². The van der Waals surface area contributed by atoms with E-state index in [-0.39, 0.29) is 5.75 Å². The molecule has 5 nitrogen and oxygen atoms in total. The van der Waals surface area contributed by atoms with Gasteiger partial charge in [0, 0.05) is 0 Å². The third-order valence-corrected chi connectivity index (χ3v) is 6.22. The molecule has 32 heavy (non-hydrogen) atoms. The van der Waals surface area contributed by atoms with Crippen molar-refractivity contribution in [2.45, 2.75) is 19.3 Å². The summed E-state index contributed by atoms with van der Waals surface area (Å²) in [6, 6.07) is 26.1. The van der Waals surface area contributed by atoms with Gasteiger partial charge in [-0.25, -0.2) is 4.57 Å². The van der Waals surface area contributed by atoms with Gasteiger partial charge in [0.15, 0.2) is 0 Å². The van der Waals surface area contributed by atoms with Crippen molar-refractivity contribution in [3.8, 4) is 11.5 Å². The number of rotatable bonds is 8. The Morgan fingerprint density at radius 2 is 1.31 bits per heavy atom. The van der Waals surface area contributed by atoms with Crippen LogP contribution in [0.2, 0.25) is 0 Å². The predicted octanol–water partition coefficient (Wildman–Crippen LogP) is 6.46. The Hall–Kier alpha value is -3.11. The minimum absolute atomic E-state index is 0.111. The molecule has 0 fully saturated rings. The molecule has 5 rings (SSSR count). The summed E-state index contributed by atoms with van der Waals surface area (Å²) in [4.78, 5) is 17.7. The molecule has 0 saturated heterocycles. The molecule has 5 aromatic rings.